The molecule has 0 aliphatic carbocycles. The van der Waals surface area contributed by atoms with Crippen LogP contribution in [0.5, 0.6) is 11.5 Å². The van der Waals surface area contributed by atoms with Crippen molar-refractivity contribution < 1.29 is 9.84 Å². The molecule has 3 nitrogen and oxygen atoms in total. The maximum absolute atomic E-state index is 9.67. The van der Waals surface area contributed by atoms with Crippen molar-refractivity contribution in [1.29, 1.82) is 0 Å². The summed E-state index contributed by atoms with van der Waals surface area (Å²) in [5.74, 6) is 1.26. The second kappa shape index (κ2) is 5.45. The molecule has 2 aromatic rings. The Kier molecular flexibility index (Phi) is 3.50. The minimum Gasteiger partial charge on any atom is -0.508 e. The molecular weight excluding hydrogens is 250 g/mol. The highest BCUT2D eigenvalue weighted by Gasteiger charge is 2.21. The number of fused-ring (bicyclic) bond motifs is 1. The molecule has 104 valence electrons. The Bertz CT molecular complexity index is 597. The fraction of sp³-hybridized carbons (Fsp3) is 0.294. The molecule has 0 saturated heterocycles. The van der Waals surface area contributed by atoms with Crippen molar-refractivity contribution in [3.8, 4) is 11.5 Å². The Balaban J connectivity index is 1.97. The van der Waals surface area contributed by atoms with Gasteiger partial charge in [-0.3, -0.25) is 0 Å². The molecule has 2 aromatic carbocycles. The largest absolute Gasteiger partial charge is 0.508 e. The second-order valence-electron chi connectivity index (χ2n) is 5.13. The third-order valence-electron chi connectivity index (χ3n) is 3.80. The van der Waals surface area contributed by atoms with Crippen molar-refractivity contribution in [1.82, 2.24) is 0 Å². The van der Waals surface area contributed by atoms with E-state index in [1.54, 1.807) is 6.07 Å². The van der Waals surface area contributed by atoms with E-state index in [2.05, 4.69) is 24.0 Å². The van der Waals surface area contributed by atoms with Crippen LogP contribution >= 0.6 is 0 Å². The van der Waals surface area contributed by atoms with Crippen molar-refractivity contribution >= 4 is 5.69 Å². The van der Waals surface area contributed by atoms with Crippen molar-refractivity contribution in [3.05, 3.63) is 54.1 Å². The Morgan fingerprint density at radius 1 is 1.15 bits per heavy atom. The highest BCUT2D eigenvalue weighted by molar-refractivity contribution is 5.60. The maximum Gasteiger partial charge on any atom is 0.142 e. The van der Waals surface area contributed by atoms with Gasteiger partial charge in [0.1, 0.15) is 11.5 Å². The third-order valence-corrected chi connectivity index (χ3v) is 3.80. The van der Waals surface area contributed by atoms with Gasteiger partial charge in [0.25, 0.3) is 0 Å². The zero-order chi connectivity index (χ0) is 13.9. The molecule has 3 heteroatoms. The Hall–Kier alpha value is -2.16. The predicted octanol–water partition coefficient (Wildman–Crippen LogP) is 3.74. The van der Waals surface area contributed by atoms with Crippen LogP contribution in [0.1, 0.15) is 24.9 Å². The minimum atomic E-state index is 0.199. The van der Waals surface area contributed by atoms with Crippen LogP contribution in [0.3, 0.4) is 0 Å². The number of nitrogens with zero attached hydrogens (tertiary/aromatic N) is 1. The summed E-state index contributed by atoms with van der Waals surface area (Å²) in [5, 5.41) is 9.67. The number of phenols is 1. The summed E-state index contributed by atoms with van der Waals surface area (Å²) >= 11 is 0. The molecule has 1 aliphatic rings. The molecule has 20 heavy (non-hydrogen) atoms. The van der Waals surface area contributed by atoms with E-state index in [1.165, 1.54) is 0 Å². The number of anilines is 1. The van der Waals surface area contributed by atoms with E-state index in [9.17, 15) is 5.11 Å². The number of para-hydroxylation sites is 2. The molecule has 0 amide bonds. The summed E-state index contributed by atoms with van der Waals surface area (Å²) < 4.78 is 5.80. The number of aromatic hydroxyl groups is 1. The van der Waals surface area contributed by atoms with Crippen molar-refractivity contribution in [2.75, 3.05) is 18.1 Å². The van der Waals surface area contributed by atoms with E-state index in [0.717, 1.165) is 36.6 Å². The van der Waals surface area contributed by atoms with E-state index >= 15 is 0 Å². The van der Waals surface area contributed by atoms with Crippen LogP contribution in [0, 0.1) is 0 Å². The molecule has 1 heterocycles. The lowest BCUT2D eigenvalue weighted by Crippen LogP contribution is -2.27. The van der Waals surface area contributed by atoms with E-state index in [-0.39, 0.29) is 6.04 Å². The van der Waals surface area contributed by atoms with Gasteiger partial charge in [-0.1, -0.05) is 24.3 Å². The normalized spacial score (nSPS) is 15.9. The van der Waals surface area contributed by atoms with E-state index in [4.69, 9.17) is 4.74 Å². The van der Waals surface area contributed by atoms with Crippen LogP contribution in [-0.2, 0) is 0 Å². The van der Waals surface area contributed by atoms with Crippen molar-refractivity contribution in [3.63, 3.8) is 0 Å². The van der Waals surface area contributed by atoms with E-state index in [0.29, 0.717) is 5.75 Å². The molecule has 0 spiro atoms. The van der Waals surface area contributed by atoms with Gasteiger partial charge < -0.3 is 14.7 Å². The molecular formula is C17H19NO2. The smallest absolute Gasteiger partial charge is 0.142 e. The first-order chi connectivity index (χ1) is 9.75. The first-order valence-electron chi connectivity index (χ1n) is 7.03. The Morgan fingerprint density at radius 2 is 2.00 bits per heavy atom. The van der Waals surface area contributed by atoms with Crippen LogP contribution in [0.15, 0.2) is 48.5 Å². The molecule has 0 aromatic heterocycles. The zero-order valence-electron chi connectivity index (χ0n) is 11.6. The van der Waals surface area contributed by atoms with Crippen molar-refractivity contribution in [2.24, 2.45) is 0 Å². The summed E-state index contributed by atoms with van der Waals surface area (Å²) in [6, 6.07) is 15.8. The average Bonchev–Trinajstić information content (AvgIpc) is 2.69. The Labute approximate surface area is 119 Å². The monoisotopic (exact) mass is 269 g/mol. The van der Waals surface area contributed by atoms with Crippen LogP contribution in [0.2, 0.25) is 0 Å². The number of phenolic OH excluding ortho intramolecular Hbond substituents is 1. The SMILES string of the molecule is CC(c1cccc(O)c1)N1CCCOc2ccccc21. The highest BCUT2D eigenvalue weighted by Crippen LogP contribution is 2.36. The van der Waals surface area contributed by atoms with Gasteiger partial charge >= 0.3 is 0 Å². The van der Waals surface area contributed by atoms with Crippen LogP contribution in [0.25, 0.3) is 0 Å². The molecule has 3 rings (SSSR count). The summed E-state index contributed by atoms with van der Waals surface area (Å²) in [5.41, 5.74) is 2.24. The molecule has 1 atom stereocenters. The quantitative estimate of drug-likeness (QED) is 0.901. The molecule has 0 saturated carbocycles. The topological polar surface area (TPSA) is 32.7 Å². The molecule has 1 unspecified atom stereocenters. The average molecular weight is 269 g/mol. The number of benzene rings is 2. The molecule has 1 N–H and O–H groups in total. The van der Waals surface area contributed by atoms with Crippen LogP contribution in [-0.4, -0.2) is 18.3 Å². The van der Waals surface area contributed by atoms with Crippen molar-refractivity contribution in [2.45, 2.75) is 19.4 Å². The van der Waals surface area contributed by atoms with E-state index < -0.39 is 0 Å². The lowest BCUT2D eigenvalue weighted by molar-refractivity contribution is 0.322. The predicted molar refractivity (Wildman–Crippen MR) is 80.4 cm³/mol. The number of ether oxygens (including phenoxy) is 1. The lowest BCUT2D eigenvalue weighted by Gasteiger charge is -2.31. The second-order valence-corrected chi connectivity index (χ2v) is 5.13. The van der Waals surface area contributed by atoms with Gasteiger partial charge in [-0.25, -0.2) is 0 Å². The molecule has 0 fully saturated rings. The van der Waals surface area contributed by atoms with Gasteiger partial charge in [-0.05, 0) is 43.2 Å². The third kappa shape index (κ3) is 2.44. The lowest BCUT2D eigenvalue weighted by atomic mass is 10.1. The molecule has 1 aliphatic heterocycles. The fourth-order valence-electron chi connectivity index (χ4n) is 2.72. The van der Waals surface area contributed by atoms with Gasteiger partial charge in [0.2, 0.25) is 0 Å². The minimum absolute atomic E-state index is 0.199. The standard InChI is InChI=1S/C17H19NO2/c1-13(14-6-4-7-15(19)12-14)18-10-5-11-20-17-9-3-2-8-16(17)18/h2-4,6-9,12-13,19H,5,10-11H2,1H3. The first kappa shape index (κ1) is 12.9. The summed E-state index contributed by atoms with van der Waals surface area (Å²) in [4.78, 5) is 2.34. The van der Waals surface area contributed by atoms with Crippen LogP contribution < -0.4 is 9.64 Å². The summed E-state index contributed by atoms with van der Waals surface area (Å²) in [6.07, 6.45) is 0.998. The van der Waals surface area contributed by atoms with Gasteiger partial charge in [-0.2, -0.15) is 0 Å². The first-order valence-corrected chi connectivity index (χ1v) is 7.03. The number of hydrogen-bond donors (Lipinski definition) is 1. The highest BCUT2D eigenvalue weighted by atomic mass is 16.5. The van der Waals surface area contributed by atoms with Gasteiger partial charge in [0.15, 0.2) is 0 Å². The Morgan fingerprint density at radius 3 is 2.85 bits per heavy atom. The van der Waals surface area contributed by atoms with Crippen LogP contribution in [0.4, 0.5) is 5.69 Å². The number of hydrogen-bond acceptors (Lipinski definition) is 3. The fourth-order valence-corrected chi connectivity index (χ4v) is 2.72. The van der Waals surface area contributed by atoms with E-state index in [1.807, 2.05) is 30.3 Å². The zero-order valence-corrected chi connectivity index (χ0v) is 11.6. The van der Waals surface area contributed by atoms with Gasteiger partial charge in [0, 0.05) is 6.54 Å². The van der Waals surface area contributed by atoms with Gasteiger partial charge in [0.05, 0.1) is 18.3 Å². The number of rotatable bonds is 2. The molecule has 0 bridgehead atoms. The summed E-state index contributed by atoms with van der Waals surface area (Å²) in [7, 11) is 0. The maximum atomic E-state index is 9.67. The van der Waals surface area contributed by atoms with Gasteiger partial charge in [-0.15, -0.1) is 0 Å². The summed E-state index contributed by atoms with van der Waals surface area (Å²) in [6.45, 7) is 3.87. The molecule has 0 radical (unpaired) electrons.